The molecule has 2 heterocycles. The number of nitrogens with zero attached hydrogens (tertiary/aromatic N) is 3. The summed E-state index contributed by atoms with van der Waals surface area (Å²) in [6.07, 6.45) is 16.3. The van der Waals surface area contributed by atoms with Gasteiger partial charge in [0.2, 0.25) is 0 Å². The van der Waals surface area contributed by atoms with E-state index >= 15 is 0 Å². The molecule has 2 saturated heterocycles. The maximum Gasteiger partial charge on any atom is 0.0986 e. The van der Waals surface area contributed by atoms with E-state index in [0.717, 1.165) is 32.1 Å². The van der Waals surface area contributed by atoms with Gasteiger partial charge in [-0.05, 0) is 32.7 Å². The molecular weight excluding hydrogens is 537 g/mol. The first-order valence-corrected chi connectivity index (χ1v) is 10.1. The van der Waals surface area contributed by atoms with Crippen molar-refractivity contribution in [3.63, 3.8) is 0 Å². The predicted octanol–water partition coefficient (Wildman–Crippen LogP) is 4.09. The number of halogens is 1. The van der Waals surface area contributed by atoms with E-state index in [0.29, 0.717) is 0 Å². The zero-order valence-corrected chi connectivity index (χ0v) is 22.1. The van der Waals surface area contributed by atoms with Gasteiger partial charge in [0, 0.05) is 37.1 Å². The molecule has 0 unspecified atom stereocenters. The van der Waals surface area contributed by atoms with E-state index in [1.165, 1.54) is 6.42 Å². The fraction of sp³-hybridized carbons (Fsp3) is 0.619. The van der Waals surface area contributed by atoms with Crippen molar-refractivity contribution in [2.24, 2.45) is 0 Å². The molecule has 4 atom stereocenters. The molecule has 28 heavy (non-hydrogen) atoms. The zero-order valence-electron chi connectivity index (χ0n) is 17.1. The van der Waals surface area contributed by atoms with E-state index in [-0.39, 0.29) is 61.3 Å². The molecule has 0 aromatic carbocycles. The molecule has 2 rings (SSSR count). The fourth-order valence-corrected chi connectivity index (χ4v) is 2.27. The van der Waals surface area contributed by atoms with Gasteiger partial charge in [-0.25, -0.2) is 0 Å². The van der Waals surface area contributed by atoms with E-state index in [1.807, 2.05) is 18.9 Å². The van der Waals surface area contributed by atoms with Crippen LogP contribution in [0.3, 0.4) is 0 Å². The van der Waals surface area contributed by atoms with Gasteiger partial charge < -0.3 is 29.5 Å². The summed E-state index contributed by atoms with van der Waals surface area (Å²) >= 11 is 2.23. The molecule has 2 fully saturated rings. The molecule has 0 aromatic heterocycles. The van der Waals surface area contributed by atoms with Gasteiger partial charge in [-0.15, -0.1) is 12.8 Å². The molecule has 0 saturated carbocycles. The van der Waals surface area contributed by atoms with E-state index < -0.39 is 0 Å². The van der Waals surface area contributed by atoms with Crippen LogP contribution in [-0.2, 0) is 37.1 Å². The van der Waals surface area contributed by atoms with Gasteiger partial charge in [-0.1, -0.05) is 25.7 Å². The van der Waals surface area contributed by atoms with E-state index in [4.69, 9.17) is 23.4 Å². The first-order valence-electron chi connectivity index (χ1n) is 8.89. The molecular formula is C21H31IN4V2-2. The van der Waals surface area contributed by atoms with Gasteiger partial charge in [0.25, 0.3) is 0 Å². The van der Waals surface area contributed by atoms with Crippen LogP contribution in [0, 0.1) is 58.7 Å². The second kappa shape index (κ2) is 25.0. The van der Waals surface area contributed by atoms with Crippen LogP contribution in [0.1, 0.15) is 52.4 Å². The molecule has 2 radical (unpaired) electrons. The van der Waals surface area contributed by atoms with Gasteiger partial charge >= 0.3 is 0 Å². The quantitative estimate of drug-likeness (QED) is 0.294. The largest absolute Gasteiger partial charge is 0.344 e. The molecule has 2 aliphatic heterocycles. The average Bonchev–Trinajstić information content (AvgIpc) is 3.28. The number of rotatable bonds is 1. The summed E-state index contributed by atoms with van der Waals surface area (Å²) in [5, 5.41) is 20.0. The summed E-state index contributed by atoms with van der Waals surface area (Å²) in [5.41, 5.74) is 0. The van der Waals surface area contributed by atoms with Crippen molar-refractivity contribution in [2.75, 3.05) is 7.05 Å². The van der Waals surface area contributed by atoms with E-state index in [9.17, 15) is 0 Å². The summed E-state index contributed by atoms with van der Waals surface area (Å²) < 4.78 is 2.09. The molecule has 0 spiro atoms. The average molecular weight is 568 g/mol. The third-order valence-corrected chi connectivity index (χ3v) is 4.58. The molecule has 154 valence electrons. The minimum absolute atomic E-state index is 0. The van der Waals surface area contributed by atoms with Crippen molar-refractivity contribution in [3.8, 4) is 36.8 Å². The van der Waals surface area contributed by atoms with Crippen molar-refractivity contribution in [2.45, 2.75) is 76.5 Å². The zero-order chi connectivity index (χ0) is 20.4. The molecule has 7 heteroatoms. The standard InChI is InChI=1S/C8H10N2.C7H8N2.C3H6I.C3H7.2V/c1-3-7-4-5-8(6-9)10(7)2;1-2-6-3-4-7(5-8)9-6;1-2-3-4;1-3-2;;/h1,7-8H,4-5H2,2H3;1,6-7,9H,3-4H2;3H,2H2,1H3;1,3H2,2H3;;/q;;2*-1;;/t7-,8-;6-,7-;;;;/m00..../s1. The fourth-order valence-electron chi connectivity index (χ4n) is 2.27. The van der Waals surface area contributed by atoms with Crippen LogP contribution in [0.5, 0.6) is 0 Å². The maximum atomic E-state index is 8.59. The maximum absolute atomic E-state index is 8.59. The van der Waals surface area contributed by atoms with Crippen LogP contribution < -0.4 is 5.32 Å². The summed E-state index contributed by atoms with van der Waals surface area (Å²) in [5.74, 6) is 5.22. The summed E-state index contributed by atoms with van der Waals surface area (Å²) in [6, 6.07) is 4.68. The SMILES string of the molecule is C#C[C@H]1CC[C@@H](C#N)N1.C#C[C@H]1CC[C@@H](C#N)N1C.CC[CH-]I.[CH2-]CC.[V].[V]. The molecule has 0 aliphatic carbocycles. The molecule has 4 nitrogen and oxygen atoms in total. The van der Waals surface area contributed by atoms with Crippen molar-refractivity contribution < 1.29 is 37.1 Å². The Hall–Kier alpha value is -0.0812. The van der Waals surface area contributed by atoms with E-state index in [1.54, 1.807) is 0 Å². The normalized spacial score (nSPS) is 24.2. The molecule has 1 N–H and O–H groups in total. The molecule has 2 aliphatic rings. The second-order valence-corrected chi connectivity index (χ2v) is 6.66. The van der Waals surface area contributed by atoms with Crippen LogP contribution in [0.2, 0.25) is 0 Å². The van der Waals surface area contributed by atoms with Crippen molar-refractivity contribution >= 4 is 22.6 Å². The smallest absolute Gasteiger partial charge is 0.0986 e. The molecule has 0 aromatic rings. The van der Waals surface area contributed by atoms with Crippen LogP contribution in [0.15, 0.2) is 0 Å². The summed E-state index contributed by atoms with van der Waals surface area (Å²) in [6.45, 7) is 7.62. The number of hydrogen-bond donors (Lipinski definition) is 1. The Morgan fingerprint density at radius 2 is 1.50 bits per heavy atom. The number of terminal acetylenes is 2. The Bertz CT molecular complexity index is 472. The van der Waals surface area contributed by atoms with Crippen LogP contribution in [0.4, 0.5) is 0 Å². The Balaban J connectivity index is -0.000000148. The van der Waals surface area contributed by atoms with Crippen molar-refractivity contribution in [3.05, 3.63) is 11.4 Å². The van der Waals surface area contributed by atoms with Crippen LogP contribution in [0.25, 0.3) is 0 Å². The predicted molar refractivity (Wildman–Crippen MR) is 118 cm³/mol. The number of nitriles is 2. The monoisotopic (exact) mass is 568 g/mol. The second-order valence-electron chi connectivity index (χ2n) is 5.78. The van der Waals surface area contributed by atoms with Crippen molar-refractivity contribution in [1.82, 2.24) is 10.2 Å². The number of nitrogens with one attached hydrogen (secondary N) is 1. The van der Waals surface area contributed by atoms with Gasteiger partial charge in [0.1, 0.15) is 0 Å². The summed E-state index contributed by atoms with van der Waals surface area (Å²) in [4.78, 5) is 1.96. The van der Waals surface area contributed by atoms with Gasteiger partial charge in [0.15, 0.2) is 0 Å². The Kier molecular flexibility index (Phi) is 31.5. The van der Waals surface area contributed by atoms with Crippen molar-refractivity contribution in [1.29, 1.82) is 10.5 Å². The third-order valence-electron chi connectivity index (χ3n) is 3.70. The van der Waals surface area contributed by atoms with Crippen LogP contribution in [-0.4, -0.2) is 36.1 Å². The topological polar surface area (TPSA) is 62.9 Å². The number of hydrogen-bond acceptors (Lipinski definition) is 4. The van der Waals surface area contributed by atoms with E-state index in [2.05, 4.69) is 70.2 Å². The number of likely N-dealkylation sites (tertiary alicyclic amines) is 1. The summed E-state index contributed by atoms with van der Waals surface area (Å²) in [7, 11) is 1.91. The molecule has 0 bridgehead atoms. The first kappa shape index (κ1) is 35.4. The Morgan fingerprint density at radius 3 is 1.71 bits per heavy atom. The third kappa shape index (κ3) is 16.8. The first-order chi connectivity index (χ1) is 12.5. The Labute approximate surface area is 210 Å². The molecule has 0 amide bonds. The Morgan fingerprint density at radius 1 is 1.04 bits per heavy atom. The van der Waals surface area contributed by atoms with Gasteiger partial charge in [0.05, 0.1) is 36.3 Å². The van der Waals surface area contributed by atoms with Gasteiger partial charge in [-0.2, -0.15) is 23.4 Å². The minimum Gasteiger partial charge on any atom is -0.344 e. The van der Waals surface area contributed by atoms with Crippen LogP contribution >= 0.6 is 22.6 Å². The minimum atomic E-state index is -0.00829. The van der Waals surface area contributed by atoms with Gasteiger partial charge in [-0.3, -0.25) is 14.6 Å².